The molecule has 0 unspecified atom stereocenters. The Morgan fingerprint density at radius 1 is 1.19 bits per heavy atom. The van der Waals surface area contributed by atoms with E-state index in [0.717, 1.165) is 48.6 Å². The van der Waals surface area contributed by atoms with Crippen molar-refractivity contribution in [2.75, 3.05) is 26.2 Å². The molecule has 0 aliphatic rings. The number of rotatable bonds is 9. The quantitative estimate of drug-likeness (QED) is 0.665. The molecule has 1 heterocycles. The van der Waals surface area contributed by atoms with Crippen molar-refractivity contribution in [2.45, 2.75) is 41.2 Å². The zero-order chi connectivity index (χ0) is 20.0. The van der Waals surface area contributed by atoms with Crippen molar-refractivity contribution in [3.05, 3.63) is 46.7 Å². The minimum Gasteiger partial charge on any atom is -0.349 e. The molecule has 4 nitrogen and oxygen atoms in total. The lowest BCUT2D eigenvalue weighted by molar-refractivity contribution is 0.0939. The summed E-state index contributed by atoms with van der Waals surface area (Å²) < 4.78 is 2.09. The first-order valence-corrected chi connectivity index (χ1v) is 10.2. The highest BCUT2D eigenvalue weighted by atomic mass is 35.5. The topological polar surface area (TPSA) is 37.3 Å². The number of carbonyl (C=O) groups is 1. The van der Waals surface area contributed by atoms with Crippen LogP contribution in [0.1, 0.15) is 43.7 Å². The number of nitrogens with one attached hydrogen (secondary N) is 1. The summed E-state index contributed by atoms with van der Waals surface area (Å²) in [5.74, 6) is 0.443. The minimum absolute atomic E-state index is 0.0131. The number of amides is 1. The van der Waals surface area contributed by atoms with E-state index in [0.29, 0.717) is 17.5 Å². The first-order valence-electron chi connectivity index (χ1n) is 9.83. The van der Waals surface area contributed by atoms with Gasteiger partial charge in [-0.2, -0.15) is 0 Å². The van der Waals surface area contributed by atoms with E-state index in [4.69, 9.17) is 11.6 Å². The van der Waals surface area contributed by atoms with Crippen LogP contribution in [0.25, 0.3) is 11.1 Å². The molecule has 0 bridgehead atoms. The van der Waals surface area contributed by atoms with Crippen LogP contribution >= 0.6 is 11.6 Å². The molecule has 148 valence electrons. The fourth-order valence-electron chi connectivity index (χ4n) is 3.41. The highest BCUT2D eigenvalue weighted by Crippen LogP contribution is 2.31. The SMILES string of the molecule is CCN(CC)CCNC(=O)c1c(-c2ccc(Cl)cc2)c(C)cn1CC(C)C. The molecule has 0 saturated carbocycles. The van der Waals surface area contributed by atoms with Crippen LogP contribution in [0.5, 0.6) is 0 Å². The van der Waals surface area contributed by atoms with Crippen LogP contribution in [-0.4, -0.2) is 41.6 Å². The van der Waals surface area contributed by atoms with Crippen LogP contribution < -0.4 is 5.32 Å². The Labute approximate surface area is 168 Å². The molecule has 0 aliphatic carbocycles. The third kappa shape index (κ3) is 5.60. The zero-order valence-corrected chi connectivity index (χ0v) is 17.9. The van der Waals surface area contributed by atoms with E-state index < -0.39 is 0 Å². The van der Waals surface area contributed by atoms with Crippen molar-refractivity contribution in [3.63, 3.8) is 0 Å². The van der Waals surface area contributed by atoms with E-state index in [1.165, 1.54) is 0 Å². The van der Waals surface area contributed by atoms with Gasteiger partial charge in [-0.3, -0.25) is 4.79 Å². The number of hydrogen-bond acceptors (Lipinski definition) is 2. The third-order valence-corrected chi connectivity index (χ3v) is 5.04. The van der Waals surface area contributed by atoms with Gasteiger partial charge in [-0.15, -0.1) is 0 Å². The second-order valence-corrected chi connectivity index (χ2v) is 7.81. The molecule has 1 N–H and O–H groups in total. The molecule has 0 aliphatic heterocycles. The van der Waals surface area contributed by atoms with Gasteiger partial charge in [0.15, 0.2) is 0 Å². The van der Waals surface area contributed by atoms with Gasteiger partial charge in [-0.1, -0.05) is 51.4 Å². The zero-order valence-electron chi connectivity index (χ0n) is 17.2. The van der Waals surface area contributed by atoms with Crippen molar-refractivity contribution >= 4 is 17.5 Å². The van der Waals surface area contributed by atoms with Crippen LogP contribution in [-0.2, 0) is 6.54 Å². The lowest BCUT2D eigenvalue weighted by Gasteiger charge is -2.19. The lowest BCUT2D eigenvalue weighted by Crippen LogP contribution is -2.35. The van der Waals surface area contributed by atoms with Gasteiger partial charge >= 0.3 is 0 Å². The number of carbonyl (C=O) groups excluding carboxylic acids is 1. The molecule has 0 saturated heterocycles. The van der Waals surface area contributed by atoms with Crippen LogP contribution in [0.15, 0.2) is 30.5 Å². The van der Waals surface area contributed by atoms with Gasteiger partial charge in [0.05, 0.1) is 0 Å². The maximum atomic E-state index is 13.1. The molecule has 2 rings (SSSR count). The summed E-state index contributed by atoms with van der Waals surface area (Å²) in [6.45, 7) is 15.0. The monoisotopic (exact) mass is 389 g/mol. The Morgan fingerprint density at radius 3 is 2.37 bits per heavy atom. The minimum atomic E-state index is -0.0131. The van der Waals surface area contributed by atoms with Gasteiger partial charge in [0, 0.05) is 36.4 Å². The molecular weight excluding hydrogens is 358 g/mol. The summed E-state index contributed by atoms with van der Waals surface area (Å²) in [6, 6.07) is 7.71. The fraction of sp³-hybridized carbons (Fsp3) is 0.500. The van der Waals surface area contributed by atoms with E-state index in [-0.39, 0.29) is 5.91 Å². The highest BCUT2D eigenvalue weighted by Gasteiger charge is 2.21. The van der Waals surface area contributed by atoms with E-state index in [2.05, 4.69) is 55.6 Å². The van der Waals surface area contributed by atoms with Crippen molar-refractivity contribution in [2.24, 2.45) is 5.92 Å². The maximum absolute atomic E-state index is 13.1. The summed E-state index contributed by atoms with van der Waals surface area (Å²) in [5, 5.41) is 3.82. The Balaban J connectivity index is 2.33. The summed E-state index contributed by atoms with van der Waals surface area (Å²) in [6.07, 6.45) is 2.09. The van der Waals surface area contributed by atoms with Crippen molar-refractivity contribution in [1.82, 2.24) is 14.8 Å². The summed E-state index contributed by atoms with van der Waals surface area (Å²) in [4.78, 5) is 15.4. The maximum Gasteiger partial charge on any atom is 0.268 e. The summed E-state index contributed by atoms with van der Waals surface area (Å²) in [7, 11) is 0. The molecular formula is C22H32ClN3O. The molecule has 0 spiro atoms. The van der Waals surface area contributed by atoms with Crippen molar-refractivity contribution < 1.29 is 4.79 Å². The number of likely N-dealkylation sites (N-methyl/N-ethyl adjacent to an activating group) is 1. The molecule has 1 amide bonds. The smallest absolute Gasteiger partial charge is 0.268 e. The standard InChI is InChI=1S/C22H32ClN3O/c1-6-25(7-2)13-12-24-22(27)21-20(18-8-10-19(23)11-9-18)17(5)15-26(21)14-16(3)4/h8-11,15-16H,6-7,12-14H2,1-5H3,(H,24,27). The van der Waals surface area contributed by atoms with E-state index in [1.54, 1.807) is 0 Å². The summed E-state index contributed by atoms with van der Waals surface area (Å²) >= 11 is 6.05. The molecule has 27 heavy (non-hydrogen) atoms. The number of benzene rings is 1. The van der Waals surface area contributed by atoms with Gasteiger partial charge in [0.25, 0.3) is 5.91 Å². The molecule has 0 radical (unpaired) electrons. The van der Waals surface area contributed by atoms with Gasteiger partial charge in [-0.25, -0.2) is 0 Å². The van der Waals surface area contributed by atoms with E-state index >= 15 is 0 Å². The second-order valence-electron chi connectivity index (χ2n) is 7.37. The number of aromatic nitrogens is 1. The first-order chi connectivity index (χ1) is 12.9. The molecule has 0 fully saturated rings. The summed E-state index contributed by atoms with van der Waals surface area (Å²) in [5.41, 5.74) is 3.86. The second kappa shape index (κ2) is 9.95. The molecule has 2 aromatic rings. The van der Waals surface area contributed by atoms with Gasteiger partial charge in [0.1, 0.15) is 5.69 Å². The number of aryl methyl sites for hydroxylation is 1. The van der Waals surface area contributed by atoms with E-state index in [1.807, 2.05) is 24.3 Å². The van der Waals surface area contributed by atoms with Gasteiger partial charge in [0.2, 0.25) is 0 Å². The number of hydrogen-bond donors (Lipinski definition) is 1. The number of halogens is 1. The highest BCUT2D eigenvalue weighted by molar-refractivity contribution is 6.30. The van der Waals surface area contributed by atoms with Crippen LogP contribution in [0, 0.1) is 12.8 Å². The van der Waals surface area contributed by atoms with Gasteiger partial charge < -0.3 is 14.8 Å². The molecule has 5 heteroatoms. The predicted octanol–water partition coefficient (Wildman–Crippen LogP) is 4.84. The Morgan fingerprint density at radius 2 is 1.81 bits per heavy atom. The van der Waals surface area contributed by atoms with Crippen molar-refractivity contribution in [1.29, 1.82) is 0 Å². The normalized spacial score (nSPS) is 11.4. The van der Waals surface area contributed by atoms with Crippen LogP contribution in [0.3, 0.4) is 0 Å². The van der Waals surface area contributed by atoms with Gasteiger partial charge in [-0.05, 0) is 49.2 Å². The first kappa shape index (κ1) is 21.5. The van der Waals surface area contributed by atoms with Crippen LogP contribution in [0.2, 0.25) is 5.02 Å². The lowest BCUT2D eigenvalue weighted by atomic mass is 10.0. The van der Waals surface area contributed by atoms with Crippen molar-refractivity contribution in [3.8, 4) is 11.1 Å². The third-order valence-electron chi connectivity index (χ3n) is 4.79. The average molecular weight is 390 g/mol. The largest absolute Gasteiger partial charge is 0.349 e. The van der Waals surface area contributed by atoms with Crippen LogP contribution in [0.4, 0.5) is 0 Å². The molecule has 1 aromatic carbocycles. The number of nitrogens with zero attached hydrogens (tertiary/aromatic N) is 2. The average Bonchev–Trinajstić information content (AvgIpc) is 2.94. The Hall–Kier alpha value is -1.78. The Bertz CT molecular complexity index is 746. The Kier molecular flexibility index (Phi) is 7.93. The molecule has 0 atom stereocenters. The molecule has 1 aromatic heterocycles. The predicted molar refractivity (Wildman–Crippen MR) is 115 cm³/mol. The van der Waals surface area contributed by atoms with E-state index in [9.17, 15) is 4.79 Å². The fourth-order valence-corrected chi connectivity index (χ4v) is 3.53.